The maximum Gasteiger partial charge on any atom is 0.234 e. The monoisotopic (exact) mass is 290 g/mol. The number of nitrogens with one attached hydrogen (secondary N) is 1. The second-order valence-electron chi connectivity index (χ2n) is 8.55. The van der Waals surface area contributed by atoms with E-state index in [4.69, 9.17) is 0 Å². The Balaban J connectivity index is 1.38. The highest BCUT2D eigenvalue weighted by molar-refractivity contribution is 5.78. The van der Waals surface area contributed by atoms with Crippen LogP contribution in [0.5, 0.6) is 0 Å². The maximum atomic E-state index is 12.3. The molecule has 0 spiro atoms. The molecule has 0 aromatic rings. The van der Waals surface area contributed by atoms with Gasteiger partial charge >= 0.3 is 0 Å². The Bertz CT molecular complexity index is 378. The van der Waals surface area contributed by atoms with Crippen LogP contribution in [0.1, 0.15) is 58.3 Å². The largest absolute Gasteiger partial charge is 0.352 e. The van der Waals surface area contributed by atoms with E-state index in [1.165, 1.54) is 51.4 Å². The van der Waals surface area contributed by atoms with Gasteiger partial charge in [-0.15, -0.1) is 0 Å². The van der Waals surface area contributed by atoms with Gasteiger partial charge < -0.3 is 5.32 Å². The Morgan fingerprint density at radius 2 is 1.62 bits per heavy atom. The van der Waals surface area contributed by atoms with Crippen LogP contribution in [0.15, 0.2) is 0 Å². The molecule has 1 aliphatic heterocycles. The second-order valence-corrected chi connectivity index (χ2v) is 8.55. The third-order valence-electron chi connectivity index (χ3n) is 6.95. The van der Waals surface area contributed by atoms with E-state index in [-0.39, 0.29) is 5.91 Å². The van der Waals surface area contributed by atoms with E-state index in [9.17, 15) is 4.79 Å². The fourth-order valence-corrected chi connectivity index (χ4v) is 6.29. The lowest BCUT2D eigenvalue weighted by atomic mass is 9.48. The number of carbonyl (C=O) groups excluding carboxylic acids is 1. The zero-order valence-corrected chi connectivity index (χ0v) is 13.4. The van der Waals surface area contributed by atoms with E-state index in [2.05, 4.69) is 17.1 Å². The van der Waals surface area contributed by atoms with E-state index >= 15 is 0 Å². The normalized spacial score (nSPS) is 43.2. The van der Waals surface area contributed by atoms with Gasteiger partial charge in [0.15, 0.2) is 0 Å². The van der Waals surface area contributed by atoms with E-state index in [0.29, 0.717) is 18.0 Å². The van der Waals surface area contributed by atoms with Crippen molar-refractivity contribution in [1.29, 1.82) is 0 Å². The molecule has 1 N–H and O–H groups in total. The number of amides is 1. The van der Waals surface area contributed by atoms with Gasteiger partial charge in [0, 0.05) is 6.04 Å². The number of rotatable bonds is 4. The van der Waals surface area contributed by atoms with Crippen LogP contribution in [-0.2, 0) is 4.79 Å². The summed E-state index contributed by atoms with van der Waals surface area (Å²) < 4.78 is 0. The van der Waals surface area contributed by atoms with Crippen LogP contribution < -0.4 is 5.32 Å². The first-order chi connectivity index (χ1) is 10.1. The van der Waals surface area contributed by atoms with Crippen molar-refractivity contribution in [2.45, 2.75) is 64.3 Å². The van der Waals surface area contributed by atoms with Crippen LogP contribution in [0, 0.1) is 23.2 Å². The molecular formula is C18H30N2O. The molecule has 4 bridgehead atoms. The molecule has 1 atom stereocenters. The molecule has 1 amide bonds. The molecule has 0 unspecified atom stereocenters. The molecule has 0 aromatic heterocycles. The van der Waals surface area contributed by atoms with Crippen LogP contribution in [0.3, 0.4) is 0 Å². The van der Waals surface area contributed by atoms with Crippen molar-refractivity contribution < 1.29 is 4.79 Å². The van der Waals surface area contributed by atoms with Gasteiger partial charge in [0.05, 0.1) is 6.54 Å². The summed E-state index contributed by atoms with van der Waals surface area (Å²) in [6, 6.07) is 0.376. The molecule has 5 aliphatic rings. The Labute approximate surface area is 128 Å². The van der Waals surface area contributed by atoms with Gasteiger partial charge in [-0.25, -0.2) is 0 Å². The quantitative estimate of drug-likeness (QED) is 0.863. The second kappa shape index (κ2) is 5.26. The molecule has 21 heavy (non-hydrogen) atoms. The van der Waals surface area contributed by atoms with E-state index in [0.717, 1.165) is 30.8 Å². The fraction of sp³-hybridized carbons (Fsp3) is 0.944. The van der Waals surface area contributed by atoms with Crippen molar-refractivity contribution in [1.82, 2.24) is 10.2 Å². The Hall–Kier alpha value is -0.570. The first kappa shape index (κ1) is 14.0. The van der Waals surface area contributed by atoms with Crippen LogP contribution >= 0.6 is 0 Å². The fourth-order valence-electron chi connectivity index (χ4n) is 6.29. The SMILES string of the molecule is C[C@@H](NC(=O)CN1CCCC1)C12CC3CC(CC(C3)C1)C2. The Kier molecular flexibility index (Phi) is 3.52. The molecule has 0 radical (unpaired) electrons. The summed E-state index contributed by atoms with van der Waals surface area (Å²) >= 11 is 0. The summed E-state index contributed by atoms with van der Waals surface area (Å²) in [5.74, 6) is 3.16. The minimum absolute atomic E-state index is 0.264. The number of likely N-dealkylation sites (tertiary alicyclic amines) is 1. The number of hydrogen-bond donors (Lipinski definition) is 1. The van der Waals surface area contributed by atoms with Crippen molar-refractivity contribution in [3.05, 3.63) is 0 Å². The van der Waals surface area contributed by atoms with Crippen molar-refractivity contribution in [3.63, 3.8) is 0 Å². The average Bonchev–Trinajstić information content (AvgIpc) is 2.89. The zero-order chi connectivity index (χ0) is 14.4. The molecule has 1 heterocycles. The summed E-state index contributed by atoms with van der Waals surface area (Å²) in [5.41, 5.74) is 0.440. The van der Waals surface area contributed by atoms with Gasteiger partial charge in [-0.05, 0) is 94.5 Å². The van der Waals surface area contributed by atoms with Crippen molar-refractivity contribution in [3.8, 4) is 0 Å². The predicted molar refractivity (Wildman–Crippen MR) is 83.9 cm³/mol. The first-order valence-corrected chi connectivity index (χ1v) is 9.15. The first-order valence-electron chi connectivity index (χ1n) is 9.15. The molecule has 4 aliphatic carbocycles. The lowest BCUT2D eigenvalue weighted by Gasteiger charge is -2.59. The van der Waals surface area contributed by atoms with Crippen LogP contribution in [0.25, 0.3) is 0 Å². The molecule has 1 saturated heterocycles. The summed E-state index contributed by atoms with van der Waals surface area (Å²) in [4.78, 5) is 14.7. The standard InChI is InChI=1S/C18H30N2O/c1-13(19-17(21)12-20-4-2-3-5-20)18-9-14-6-15(10-18)8-16(7-14)11-18/h13-16H,2-12H2,1H3,(H,19,21)/t13-,14?,15?,16?,18?/m1/s1. The highest BCUT2D eigenvalue weighted by atomic mass is 16.2. The third-order valence-corrected chi connectivity index (χ3v) is 6.95. The molecule has 118 valence electrons. The summed E-state index contributed by atoms with van der Waals surface area (Å²) in [6.07, 6.45) is 11.1. The van der Waals surface area contributed by atoms with Gasteiger partial charge in [-0.2, -0.15) is 0 Å². The van der Waals surface area contributed by atoms with Gasteiger partial charge in [-0.1, -0.05) is 0 Å². The molecule has 3 heteroatoms. The van der Waals surface area contributed by atoms with Gasteiger partial charge in [-0.3, -0.25) is 9.69 Å². The predicted octanol–water partition coefficient (Wildman–Crippen LogP) is 2.80. The zero-order valence-electron chi connectivity index (χ0n) is 13.4. The molecule has 4 saturated carbocycles. The van der Waals surface area contributed by atoms with E-state index < -0.39 is 0 Å². The minimum Gasteiger partial charge on any atom is -0.352 e. The number of nitrogens with zero attached hydrogens (tertiary/aromatic N) is 1. The topological polar surface area (TPSA) is 32.3 Å². The van der Waals surface area contributed by atoms with Gasteiger partial charge in [0.25, 0.3) is 0 Å². The molecule has 0 aromatic carbocycles. The molecule has 5 fully saturated rings. The molecular weight excluding hydrogens is 260 g/mol. The van der Waals surface area contributed by atoms with Gasteiger partial charge in [0.2, 0.25) is 5.91 Å². The lowest BCUT2D eigenvalue weighted by Crippen LogP contribution is -2.56. The van der Waals surface area contributed by atoms with Crippen molar-refractivity contribution >= 4 is 5.91 Å². The molecule has 5 rings (SSSR count). The summed E-state index contributed by atoms with van der Waals surface area (Å²) in [6.45, 7) is 5.13. The lowest BCUT2D eigenvalue weighted by molar-refractivity contribution is -0.126. The number of carbonyl (C=O) groups is 1. The Morgan fingerprint density at radius 3 is 2.14 bits per heavy atom. The van der Waals surface area contributed by atoms with Gasteiger partial charge in [0.1, 0.15) is 0 Å². The van der Waals surface area contributed by atoms with E-state index in [1.807, 2.05) is 0 Å². The Morgan fingerprint density at radius 1 is 1.10 bits per heavy atom. The molecule has 3 nitrogen and oxygen atoms in total. The highest BCUT2D eigenvalue weighted by Gasteiger charge is 2.53. The van der Waals surface area contributed by atoms with Crippen molar-refractivity contribution in [2.75, 3.05) is 19.6 Å². The van der Waals surface area contributed by atoms with Crippen molar-refractivity contribution in [2.24, 2.45) is 23.2 Å². The van der Waals surface area contributed by atoms with E-state index in [1.54, 1.807) is 0 Å². The smallest absolute Gasteiger partial charge is 0.234 e. The van der Waals surface area contributed by atoms with Crippen LogP contribution in [0.4, 0.5) is 0 Å². The minimum atomic E-state index is 0.264. The summed E-state index contributed by atoms with van der Waals surface area (Å²) in [5, 5.41) is 3.38. The maximum absolute atomic E-state index is 12.3. The third kappa shape index (κ3) is 2.62. The number of hydrogen-bond acceptors (Lipinski definition) is 2. The van der Waals surface area contributed by atoms with Crippen LogP contribution in [0.2, 0.25) is 0 Å². The average molecular weight is 290 g/mol. The highest BCUT2D eigenvalue weighted by Crippen LogP contribution is 2.61. The van der Waals surface area contributed by atoms with Crippen LogP contribution in [-0.4, -0.2) is 36.5 Å². The summed E-state index contributed by atoms with van der Waals surface area (Å²) in [7, 11) is 0.